The Balaban J connectivity index is 1.59. The minimum absolute atomic E-state index is 0.831. The molecule has 1 aliphatic carbocycles. The van der Waals surface area contributed by atoms with Gasteiger partial charge in [-0.25, -0.2) is 0 Å². The van der Waals surface area contributed by atoms with Crippen molar-refractivity contribution in [2.75, 3.05) is 19.6 Å². The van der Waals surface area contributed by atoms with E-state index in [0.29, 0.717) is 0 Å². The zero-order valence-corrected chi connectivity index (χ0v) is 13.5. The minimum atomic E-state index is 0.831. The van der Waals surface area contributed by atoms with Crippen LogP contribution in [0.1, 0.15) is 71.1 Å². The molecule has 2 nitrogen and oxygen atoms in total. The molecule has 0 aromatic carbocycles. The lowest BCUT2D eigenvalue weighted by Gasteiger charge is -2.42. The molecule has 5 atom stereocenters. The first-order chi connectivity index (χ1) is 9.84. The molecular weight excluding hydrogens is 244 g/mol. The summed E-state index contributed by atoms with van der Waals surface area (Å²) in [5, 5.41) is 3.85. The molecule has 0 aromatic heterocycles. The average molecular weight is 279 g/mol. The van der Waals surface area contributed by atoms with Crippen LogP contribution in [-0.2, 0) is 0 Å². The van der Waals surface area contributed by atoms with E-state index >= 15 is 0 Å². The summed E-state index contributed by atoms with van der Waals surface area (Å²) < 4.78 is 0. The second-order valence-electron chi connectivity index (χ2n) is 7.79. The molecular formula is C18H35N2+. The molecule has 3 fully saturated rings. The molecule has 5 unspecified atom stereocenters. The predicted octanol–water partition coefficient (Wildman–Crippen LogP) is 2.39. The summed E-state index contributed by atoms with van der Waals surface area (Å²) in [4.78, 5) is 1.97. The highest BCUT2D eigenvalue weighted by Crippen LogP contribution is 2.28. The second kappa shape index (κ2) is 7.26. The van der Waals surface area contributed by atoms with Crippen LogP contribution >= 0.6 is 0 Å². The lowest BCUT2D eigenvalue weighted by molar-refractivity contribution is -0.936. The van der Waals surface area contributed by atoms with Gasteiger partial charge in [0.1, 0.15) is 6.04 Å². The first-order valence-electron chi connectivity index (χ1n) is 9.42. The van der Waals surface area contributed by atoms with Gasteiger partial charge >= 0.3 is 0 Å². The van der Waals surface area contributed by atoms with Gasteiger partial charge in [0.05, 0.1) is 19.1 Å². The van der Waals surface area contributed by atoms with Crippen LogP contribution in [0.25, 0.3) is 0 Å². The van der Waals surface area contributed by atoms with Gasteiger partial charge in [0.15, 0.2) is 0 Å². The van der Waals surface area contributed by atoms with Crippen LogP contribution in [0.5, 0.6) is 0 Å². The van der Waals surface area contributed by atoms with Crippen molar-refractivity contribution < 1.29 is 4.90 Å². The van der Waals surface area contributed by atoms with Gasteiger partial charge in [-0.2, -0.15) is 0 Å². The summed E-state index contributed by atoms with van der Waals surface area (Å²) in [6.07, 6.45) is 14.7. The van der Waals surface area contributed by atoms with Crippen molar-refractivity contribution >= 4 is 0 Å². The number of nitrogens with one attached hydrogen (secondary N) is 2. The highest BCUT2D eigenvalue weighted by Gasteiger charge is 2.36. The molecule has 1 saturated carbocycles. The lowest BCUT2D eigenvalue weighted by atomic mass is 9.79. The van der Waals surface area contributed by atoms with Gasteiger partial charge in [0.2, 0.25) is 0 Å². The Morgan fingerprint density at radius 1 is 0.900 bits per heavy atom. The van der Waals surface area contributed by atoms with Crippen LogP contribution < -0.4 is 10.2 Å². The van der Waals surface area contributed by atoms with Crippen molar-refractivity contribution in [2.24, 2.45) is 11.8 Å². The van der Waals surface area contributed by atoms with Crippen molar-refractivity contribution in [3.05, 3.63) is 0 Å². The van der Waals surface area contributed by atoms with Crippen LogP contribution in [0, 0.1) is 11.8 Å². The second-order valence-corrected chi connectivity index (χ2v) is 7.79. The molecule has 2 saturated heterocycles. The van der Waals surface area contributed by atoms with E-state index in [9.17, 15) is 0 Å². The Hall–Kier alpha value is -0.0800. The molecule has 0 aromatic rings. The van der Waals surface area contributed by atoms with Gasteiger partial charge in [-0.05, 0) is 44.6 Å². The van der Waals surface area contributed by atoms with E-state index < -0.39 is 0 Å². The highest BCUT2D eigenvalue weighted by atomic mass is 15.2. The summed E-state index contributed by atoms with van der Waals surface area (Å²) in [5.41, 5.74) is 0. The van der Waals surface area contributed by atoms with Crippen molar-refractivity contribution in [3.8, 4) is 0 Å². The zero-order valence-electron chi connectivity index (χ0n) is 13.5. The number of piperidine rings is 2. The normalized spacial score (nSPS) is 43.4. The maximum absolute atomic E-state index is 3.85. The van der Waals surface area contributed by atoms with Crippen molar-refractivity contribution in [1.29, 1.82) is 0 Å². The first-order valence-corrected chi connectivity index (χ1v) is 9.42. The quantitative estimate of drug-likeness (QED) is 0.811. The molecule has 3 aliphatic rings. The summed E-state index contributed by atoms with van der Waals surface area (Å²) in [6.45, 7) is 6.71. The van der Waals surface area contributed by atoms with Gasteiger partial charge in [0, 0.05) is 12.3 Å². The van der Waals surface area contributed by atoms with E-state index in [0.717, 1.165) is 23.9 Å². The Morgan fingerprint density at radius 2 is 1.70 bits per heavy atom. The maximum atomic E-state index is 3.85. The molecule has 0 spiro atoms. The van der Waals surface area contributed by atoms with Crippen molar-refractivity contribution in [3.63, 3.8) is 0 Å². The van der Waals surface area contributed by atoms with Crippen LogP contribution in [0.4, 0.5) is 0 Å². The molecule has 2 N–H and O–H groups in total. The molecule has 2 aliphatic heterocycles. The largest absolute Gasteiger partial charge is 0.331 e. The summed E-state index contributed by atoms with van der Waals surface area (Å²) in [7, 11) is 0. The van der Waals surface area contributed by atoms with Crippen LogP contribution in [-0.4, -0.2) is 31.7 Å². The van der Waals surface area contributed by atoms with E-state index in [1.807, 2.05) is 4.90 Å². The summed E-state index contributed by atoms with van der Waals surface area (Å²) >= 11 is 0. The Labute approximate surface area is 125 Å². The molecule has 2 heteroatoms. The smallest absolute Gasteiger partial charge is 0.103 e. The molecule has 2 heterocycles. The summed E-state index contributed by atoms with van der Waals surface area (Å²) in [6, 6.07) is 1.76. The molecule has 0 radical (unpaired) electrons. The molecule has 0 amide bonds. The SMILES string of the molecule is CC1CCCCC1C[NH+]1CCCCC1C1CCCCN1. The fraction of sp³-hybridized carbons (Fsp3) is 1.00. The van der Waals surface area contributed by atoms with Gasteiger partial charge in [-0.3, -0.25) is 0 Å². The third-order valence-corrected chi connectivity index (χ3v) is 6.44. The van der Waals surface area contributed by atoms with Crippen molar-refractivity contribution in [2.45, 2.75) is 83.2 Å². The number of hydrogen-bond donors (Lipinski definition) is 2. The monoisotopic (exact) mass is 279 g/mol. The number of quaternary nitrogens is 1. The van der Waals surface area contributed by atoms with Crippen molar-refractivity contribution in [1.82, 2.24) is 5.32 Å². The standard InChI is InChI=1S/C18H34N2/c1-15-8-2-3-9-16(15)14-20-13-7-5-11-18(20)17-10-4-6-12-19-17/h15-19H,2-14H2,1H3/p+1. The van der Waals surface area contributed by atoms with E-state index in [4.69, 9.17) is 0 Å². The molecule has 20 heavy (non-hydrogen) atoms. The third-order valence-electron chi connectivity index (χ3n) is 6.44. The van der Waals surface area contributed by atoms with E-state index in [-0.39, 0.29) is 0 Å². The Bertz CT molecular complexity index is 285. The lowest BCUT2D eigenvalue weighted by Crippen LogP contribution is -3.18. The fourth-order valence-corrected chi connectivity index (χ4v) is 5.10. The third kappa shape index (κ3) is 3.57. The van der Waals surface area contributed by atoms with Crippen LogP contribution in [0.3, 0.4) is 0 Å². The molecule has 116 valence electrons. The Kier molecular flexibility index (Phi) is 5.39. The molecule has 3 rings (SSSR count). The molecule has 0 bridgehead atoms. The van der Waals surface area contributed by atoms with E-state index in [1.165, 1.54) is 83.8 Å². The number of likely N-dealkylation sites (tertiary alicyclic amines) is 1. The maximum Gasteiger partial charge on any atom is 0.103 e. The van der Waals surface area contributed by atoms with E-state index in [1.54, 1.807) is 0 Å². The zero-order chi connectivity index (χ0) is 13.8. The highest BCUT2D eigenvalue weighted by molar-refractivity contribution is 4.82. The number of hydrogen-bond acceptors (Lipinski definition) is 1. The predicted molar refractivity (Wildman–Crippen MR) is 85.1 cm³/mol. The first kappa shape index (κ1) is 14.8. The van der Waals surface area contributed by atoms with Gasteiger partial charge in [0.25, 0.3) is 0 Å². The Morgan fingerprint density at radius 3 is 2.50 bits per heavy atom. The number of rotatable bonds is 3. The minimum Gasteiger partial charge on any atom is -0.331 e. The van der Waals surface area contributed by atoms with E-state index in [2.05, 4.69) is 12.2 Å². The van der Waals surface area contributed by atoms with Crippen LogP contribution in [0.15, 0.2) is 0 Å². The van der Waals surface area contributed by atoms with Gasteiger partial charge < -0.3 is 10.2 Å². The van der Waals surface area contributed by atoms with Gasteiger partial charge in [-0.1, -0.05) is 32.6 Å². The van der Waals surface area contributed by atoms with Crippen LogP contribution in [0.2, 0.25) is 0 Å². The fourth-order valence-electron chi connectivity index (χ4n) is 5.10. The topological polar surface area (TPSA) is 16.5 Å². The average Bonchev–Trinajstić information content (AvgIpc) is 2.51. The summed E-state index contributed by atoms with van der Waals surface area (Å²) in [5.74, 6) is 2.00. The van der Waals surface area contributed by atoms with Gasteiger partial charge in [-0.15, -0.1) is 0 Å².